The molecule has 1 aliphatic rings. The summed E-state index contributed by atoms with van der Waals surface area (Å²) in [4.78, 5) is 16.4. The fourth-order valence-corrected chi connectivity index (χ4v) is 3.26. The number of halogens is 3. The van der Waals surface area contributed by atoms with E-state index in [4.69, 9.17) is 0 Å². The smallest absolute Gasteiger partial charge is 0.325 e. The number of hydrogen-bond donors (Lipinski definition) is 1. The van der Waals surface area contributed by atoms with Crippen LogP contribution in [0.5, 0.6) is 0 Å². The number of fused-ring (bicyclic) bond motifs is 1. The minimum atomic E-state index is -4.44. The highest BCUT2D eigenvalue weighted by molar-refractivity contribution is 7.99. The van der Waals surface area contributed by atoms with Crippen molar-refractivity contribution in [3.05, 3.63) is 35.7 Å². The van der Waals surface area contributed by atoms with Crippen molar-refractivity contribution < 1.29 is 18.0 Å². The van der Waals surface area contributed by atoms with Crippen LogP contribution in [0.1, 0.15) is 30.7 Å². The molecular formula is C16H17F3N4OS. The second-order valence-corrected chi connectivity index (χ2v) is 6.70. The molecule has 0 unspecified atom stereocenters. The molecule has 2 aromatic rings. The van der Waals surface area contributed by atoms with Gasteiger partial charge in [0.1, 0.15) is 5.82 Å². The summed E-state index contributed by atoms with van der Waals surface area (Å²) >= 11 is 1.18. The van der Waals surface area contributed by atoms with Crippen LogP contribution in [0.4, 0.5) is 18.9 Å². The van der Waals surface area contributed by atoms with Crippen LogP contribution in [-0.4, -0.2) is 26.4 Å². The molecule has 3 rings (SSSR count). The number of alkyl halides is 3. The minimum Gasteiger partial charge on any atom is -0.325 e. The summed E-state index contributed by atoms with van der Waals surface area (Å²) in [5.41, 5.74) is -0.675. The zero-order valence-corrected chi connectivity index (χ0v) is 14.2. The Kier molecular flexibility index (Phi) is 5.31. The fraction of sp³-hybridized carbons (Fsp3) is 0.438. The normalized spacial score (nSPS) is 14.7. The lowest BCUT2D eigenvalue weighted by Crippen LogP contribution is -2.15. The minimum absolute atomic E-state index is 0.0414. The summed E-state index contributed by atoms with van der Waals surface area (Å²) in [6.07, 6.45) is -0.250. The Morgan fingerprint density at radius 3 is 2.92 bits per heavy atom. The van der Waals surface area contributed by atoms with Gasteiger partial charge in [0.2, 0.25) is 11.1 Å². The molecule has 1 aliphatic heterocycles. The van der Waals surface area contributed by atoms with E-state index < -0.39 is 17.6 Å². The molecule has 0 saturated carbocycles. The Hall–Kier alpha value is -2.03. The Bertz CT molecular complexity index is 737. The molecule has 1 aromatic carbocycles. The maximum absolute atomic E-state index is 12.7. The van der Waals surface area contributed by atoms with Gasteiger partial charge in [-0.2, -0.15) is 13.2 Å². The van der Waals surface area contributed by atoms with E-state index in [2.05, 4.69) is 15.4 Å². The van der Waals surface area contributed by atoms with Gasteiger partial charge in [-0.05, 0) is 31.0 Å². The van der Waals surface area contributed by atoms with E-state index in [1.165, 1.54) is 23.9 Å². The van der Waals surface area contributed by atoms with E-state index in [9.17, 15) is 18.0 Å². The Morgan fingerprint density at radius 1 is 1.28 bits per heavy atom. The van der Waals surface area contributed by atoms with Gasteiger partial charge in [-0.1, -0.05) is 24.2 Å². The number of thioether (sulfide) groups is 1. The van der Waals surface area contributed by atoms with Crippen molar-refractivity contribution in [2.45, 2.75) is 43.6 Å². The van der Waals surface area contributed by atoms with Gasteiger partial charge in [0.05, 0.1) is 11.3 Å². The Morgan fingerprint density at radius 2 is 2.12 bits per heavy atom. The number of benzene rings is 1. The monoisotopic (exact) mass is 370 g/mol. The zero-order valence-electron chi connectivity index (χ0n) is 13.3. The van der Waals surface area contributed by atoms with Crippen molar-refractivity contribution in [2.24, 2.45) is 0 Å². The summed E-state index contributed by atoms with van der Waals surface area (Å²) in [6.45, 7) is 0.833. The van der Waals surface area contributed by atoms with Crippen LogP contribution in [0.25, 0.3) is 0 Å². The molecule has 1 N–H and O–H groups in total. The highest BCUT2D eigenvalue weighted by atomic mass is 32.2. The van der Waals surface area contributed by atoms with Crippen LogP contribution in [0.2, 0.25) is 0 Å². The Balaban J connectivity index is 1.57. The number of aromatic nitrogens is 3. The van der Waals surface area contributed by atoms with E-state index in [-0.39, 0.29) is 11.4 Å². The number of nitrogens with one attached hydrogen (secondary N) is 1. The molecule has 0 spiro atoms. The van der Waals surface area contributed by atoms with Crippen molar-refractivity contribution in [2.75, 3.05) is 11.1 Å². The van der Waals surface area contributed by atoms with E-state index in [0.29, 0.717) is 5.16 Å². The Labute approximate surface area is 147 Å². The average molecular weight is 370 g/mol. The van der Waals surface area contributed by atoms with Crippen LogP contribution >= 0.6 is 11.8 Å². The number of carbonyl (C=O) groups excluding carboxylic acids is 1. The summed E-state index contributed by atoms with van der Waals surface area (Å²) in [7, 11) is 0. The molecule has 0 fully saturated rings. The predicted molar refractivity (Wildman–Crippen MR) is 88.4 cm³/mol. The summed E-state index contributed by atoms with van der Waals surface area (Å²) in [5, 5.41) is 7.37. The predicted octanol–water partition coefficient (Wildman–Crippen LogP) is 3.75. The third-order valence-electron chi connectivity index (χ3n) is 3.81. The highest BCUT2D eigenvalue weighted by Crippen LogP contribution is 2.30. The molecule has 9 heteroatoms. The van der Waals surface area contributed by atoms with Crippen molar-refractivity contribution in [3.8, 4) is 0 Å². The number of hydrogen-bond acceptors (Lipinski definition) is 4. The topological polar surface area (TPSA) is 59.8 Å². The van der Waals surface area contributed by atoms with E-state index in [1.54, 1.807) is 0 Å². The fourth-order valence-electron chi connectivity index (χ4n) is 2.60. The second-order valence-electron chi connectivity index (χ2n) is 5.76. The molecular weight excluding hydrogens is 353 g/mol. The molecule has 25 heavy (non-hydrogen) atoms. The second kappa shape index (κ2) is 7.47. The van der Waals surface area contributed by atoms with Gasteiger partial charge in [-0.3, -0.25) is 4.79 Å². The van der Waals surface area contributed by atoms with Crippen LogP contribution in [-0.2, 0) is 23.9 Å². The largest absolute Gasteiger partial charge is 0.416 e. The van der Waals surface area contributed by atoms with E-state index in [0.717, 1.165) is 50.2 Å². The first kappa shape index (κ1) is 17.8. The lowest BCUT2D eigenvalue weighted by atomic mass is 10.2. The van der Waals surface area contributed by atoms with E-state index >= 15 is 0 Å². The lowest BCUT2D eigenvalue weighted by Gasteiger charge is -2.09. The highest BCUT2D eigenvalue weighted by Gasteiger charge is 2.30. The van der Waals surface area contributed by atoms with Crippen LogP contribution < -0.4 is 5.32 Å². The van der Waals surface area contributed by atoms with Crippen molar-refractivity contribution in [1.82, 2.24) is 14.8 Å². The van der Waals surface area contributed by atoms with Crippen LogP contribution in [0, 0.1) is 0 Å². The van der Waals surface area contributed by atoms with Gasteiger partial charge in [-0.25, -0.2) is 9.67 Å². The summed E-state index contributed by atoms with van der Waals surface area (Å²) < 4.78 is 39.9. The molecule has 1 aromatic heterocycles. The van der Waals surface area contributed by atoms with Gasteiger partial charge in [0.25, 0.3) is 0 Å². The van der Waals surface area contributed by atoms with Crippen molar-refractivity contribution in [3.63, 3.8) is 0 Å². The van der Waals surface area contributed by atoms with Crippen LogP contribution in [0.15, 0.2) is 29.4 Å². The average Bonchev–Trinajstić information content (AvgIpc) is 2.82. The molecule has 2 heterocycles. The maximum atomic E-state index is 12.7. The molecule has 0 atom stereocenters. The molecule has 0 bridgehead atoms. The van der Waals surface area contributed by atoms with Crippen molar-refractivity contribution >= 4 is 23.4 Å². The van der Waals surface area contributed by atoms with Gasteiger partial charge < -0.3 is 5.32 Å². The molecule has 0 saturated heterocycles. The molecule has 134 valence electrons. The zero-order chi connectivity index (χ0) is 17.9. The standard InChI is InChI=1S/C16H17F3N4OS/c17-16(18,19)11-5-4-6-12(9-11)20-14(24)10-25-15-21-13-7-2-1-3-8-23(13)22-15/h4-6,9H,1-3,7-8,10H2,(H,20,24). The number of amides is 1. The molecule has 5 nitrogen and oxygen atoms in total. The third kappa shape index (κ3) is 4.75. The van der Waals surface area contributed by atoms with Gasteiger partial charge in [0.15, 0.2) is 0 Å². The van der Waals surface area contributed by atoms with Gasteiger partial charge in [0, 0.05) is 18.7 Å². The first-order valence-corrected chi connectivity index (χ1v) is 8.94. The number of anilines is 1. The molecule has 0 radical (unpaired) electrons. The number of aryl methyl sites for hydroxylation is 2. The quantitative estimate of drug-likeness (QED) is 0.833. The summed E-state index contributed by atoms with van der Waals surface area (Å²) in [5.74, 6) is 0.576. The number of carbonyl (C=O) groups is 1. The first-order chi connectivity index (χ1) is 11.9. The molecule has 1 amide bonds. The van der Waals surface area contributed by atoms with E-state index in [1.807, 2.05) is 4.68 Å². The summed E-state index contributed by atoms with van der Waals surface area (Å²) in [6, 6.07) is 4.57. The van der Waals surface area contributed by atoms with Gasteiger partial charge >= 0.3 is 6.18 Å². The maximum Gasteiger partial charge on any atom is 0.416 e. The number of nitrogens with zero attached hydrogens (tertiary/aromatic N) is 3. The molecule has 0 aliphatic carbocycles. The lowest BCUT2D eigenvalue weighted by molar-refractivity contribution is -0.137. The van der Waals surface area contributed by atoms with Gasteiger partial charge in [-0.15, -0.1) is 5.10 Å². The van der Waals surface area contributed by atoms with Crippen molar-refractivity contribution in [1.29, 1.82) is 0 Å². The van der Waals surface area contributed by atoms with Crippen LogP contribution in [0.3, 0.4) is 0 Å². The number of rotatable bonds is 4. The SMILES string of the molecule is O=C(CSc1nc2n(n1)CCCCC2)Nc1cccc(C(F)(F)F)c1. The first-order valence-electron chi connectivity index (χ1n) is 7.95. The third-order valence-corrected chi connectivity index (χ3v) is 4.64.